The molecule has 0 spiro atoms. The van der Waals surface area contributed by atoms with Gasteiger partial charge >= 0.3 is 0 Å². The topological polar surface area (TPSA) is 54.0 Å². The summed E-state index contributed by atoms with van der Waals surface area (Å²) < 4.78 is 25.2. The van der Waals surface area contributed by atoms with E-state index < -0.39 is 0 Å². The Morgan fingerprint density at radius 1 is 1.03 bits per heavy atom. The molecule has 5 nitrogen and oxygen atoms in total. The predicted octanol–water partition coefficient (Wildman–Crippen LogP) is 5.96. The molecule has 2 unspecified atom stereocenters. The molecule has 5 fully saturated rings. The van der Waals surface area contributed by atoms with Crippen LogP contribution in [0.3, 0.4) is 0 Å². The van der Waals surface area contributed by atoms with E-state index in [-0.39, 0.29) is 36.1 Å². The molecule has 5 rings (SSSR count). The van der Waals surface area contributed by atoms with Crippen molar-refractivity contribution in [1.82, 2.24) is 0 Å². The van der Waals surface area contributed by atoms with E-state index in [1.807, 2.05) is 0 Å². The molecule has 194 valence electrons. The Hall–Kier alpha value is -1.19. The summed E-state index contributed by atoms with van der Waals surface area (Å²) in [6, 6.07) is 0. The maximum absolute atomic E-state index is 12.3. The zero-order valence-electron chi connectivity index (χ0n) is 21.6. The minimum atomic E-state index is -0.123. The molecule has 0 aromatic heterocycles. The van der Waals surface area contributed by atoms with Gasteiger partial charge in [-0.1, -0.05) is 25.5 Å². The van der Waals surface area contributed by atoms with Crippen molar-refractivity contribution in [3.63, 3.8) is 0 Å². The molecule has 2 aliphatic heterocycles. The third-order valence-electron chi connectivity index (χ3n) is 9.12. The highest BCUT2D eigenvalue weighted by atomic mass is 16.7. The van der Waals surface area contributed by atoms with Gasteiger partial charge in [-0.3, -0.25) is 4.79 Å². The molecular weight excluding hydrogens is 440 g/mol. The Labute approximate surface area is 211 Å². The Kier molecular flexibility index (Phi) is 8.66. The van der Waals surface area contributed by atoms with Gasteiger partial charge in [-0.05, 0) is 69.6 Å². The van der Waals surface area contributed by atoms with Crippen LogP contribution in [0.25, 0.3) is 0 Å². The molecule has 7 atom stereocenters. The van der Waals surface area contributed by atoms with Crippen LogP contribution in [-0.2, 0) is 23.7 Å². The molecule has 0 radical (unpaired) electrons. The minimum Gasteiger partial charge on any atom is -0.353 e. The zero-order valence-corrected chi connectivity index (χ0v) is 21.6. The van der Waals surface area contributed by atoms with Crippen LogP contribution in [0.2, 0.25) is 0 Å². The van der Waals surface area contributed by atoms with Gasteiger partial charge in [-0.2, -0.15) is 0 Å². The normalized spacial score (nSPS) is 37.5. The van der Waals surface area contributed by atoms with Crippen LogP contribution in [0.15, 0.2) is 12.2 Å². The van der Waals surface area contributed by atoms with E-state index in [4.69, 9.17) is 18.9 Å². The van der Waals surface area contributed by atoms with Gasteiger partial charge in [0.1, 0.15) is 5.78 Å². The lowest BCUT2D eigenvalue weighted by atomic mass is 9.63. The lowest BCUT2D eigenvalue weighted by Gasteiger charge is -2.47. The molecule has 0 bridgehead atoms. The highest BCUT2D eigenvalue weighted by molar-refractivity contribution is 5.81. The Balaban J connectivity index is 1.35. The fourth-order valence-electron chi connectivity index (χ4n) is 6.98. The van der Waals surface area contributed by atoms with Gasteiger partial charge < -0.3 is 18.9 Å². The van der Waals surface area contributed by atoms with Crippen LogP contribution >= 0.6 is 0 Å². The summed E-state index contributed by atoms with van der Waals surface area (Å²) in [5, 5.41) is 0. The van der Waals surface area contributed by atoms with Crippen LogP contribution in [0, 0.1) is 35.0 Å². The van der Waals surface area contributed by atoms with Crippen LogP contribution in [-0.4, -0.2) is 43.8 Å². The number of rotatable bonds is 8. The maximum Gasteiger partial charge on any atom is 0.158 e. The maximum atomic E-state index is 12.3. The number of carbonyl (C=O) groups is 1. The number of hydrogen-bond acceptors (Lipinski definition) is 5. The summed E-state index contributed by atoms with van der Waals surface area (Å²) in [5.74, 6) is 8.21. The first-order chi connectivity index (χ1) is 17.2. The van der Waals surface area contributed by atoms with Gasteiger partial charge in [0.2, 0.25) is 0 Å². The fourth-order valence-corrected chi connectivity index (χ4v) is 6.98. The smallest absolute Gasteiger partial charge is 0.158 e. The summed E-state index contributed by atoms with van der Waals surface area (Å²) in [6.45, 7) is 3.69. The molecule has 2 saturated heterocycles. The van der Waals surface area contributed by atoms with Gasteiger partial charge in [0.15, 0.2) is 12.6 Å². The van der Waals surface area contributed by atoms with Gasteiger partial charge in [-0.15, -0.1) is 11.8 Å². The standard InChI is InChI=1S/C30H44O5/c1-2-3-6-14-30(15-9-16-30)27(35-29-11-5-8-18-33-29)13-12-24-25-21-23(31)19-22(25)20-26(24)34-28-10-4-7-17-32-28/h12-13,22,24-29H,2,4-5,7-11,14-21H2,1H3/b13-12+/t22-,24+,25-,26+,27+,28?,29?/m0/s1. The number of ether oxygens (including phenoxy) is 4. The van der Waals surface area contributed by atoms with Gasteiger partial charge in [0.05, 0.1) is 12.2 Å². The first kappa shape index (κ1) is 25.5. The van der Waals surface area contributed by atoms with Gasteiger partial charge in [0.25, 0.3) is 0 Å². The van der Waals surface area contributed by atoms with Crippen LogP contribution in [0.5, 0.6) is 0 Å². The van der Waals surface area contributed by atoms with E-state index in [0.29, 0.717) is 30.5 Å². The average molecular weight is 485 g/mol. The van der Waals surface area contributed by atoms with E-state index in [2.05, 4.69) is 30.9 Å². The van der Waals surface area contributed by atoms with Crippen molar-refractivity contribution in [3.05, 3.63) is 12.2 Å². The highest BCUT2D eigenvalue weighted by Crippen LogP contribution is 2.51. The Bertz CT molecular complexity index is 793. The van der Waals surface area contributed by atoms with Gasteiger partial charge in [-0.25, -0.2) is 0 Å². The molecule has 2 heterocycles. The van der Waals surface area contributed by atoms with Gasteiger partial charge in [0, 0.05) is 50.2 Å². The molecule has 0 N–H and O–H groups in total. The number of carbonyl (C=O) groups excluding carboxylic acids is 1. The number of fused-ring (bicyclic) bond motifs is 1. The molecular formula is C30H44O5. The van der Waals surface area contributed by atoms with E-state index in [1.165, 1.54) is 12.8 Å². The van der Waals surface area contributed by atoms with Crippen molar-refractivity contribution in [1.29, 1.82) is 0 Å². The largest absolute Gasteiger partial charge is 0.353 e. The first-order valence-corrected chi connectivity index (χ1v) is 14.4. The van der Waals surface area contributed by atoms with Crippen molar-refractivity contribution < 1.29 is 23.7 Å². The Morgan fingerprint density at radius 2 is 1.80 bits per heavy atom. The highest BCUT2D eigenvalue weighted by Gasteiger charge is 2.49. The average Bonchev–Trinajstić information content (AvgIpc) is 3.35. The lowest BCUT2D eigenvalue weighted by molar-refractivity contribution is -0.209. The van der Waals surface area contributed by atoms with Crippen LogP contribution in [0.4, 0.5) is 0 Å². The summed E-state index contributed by atoms with van der Waals surface area (Å²) >= 11 is 0. The molecule has 0 amide bonds. The second-order valence-electron chi connectivity index (χ2n) is 11.5. The summed E-state index contributed by atoms with van der Waals surface area (Å²) in [6.07, 6.45) is 18.8. The third-order valence-corrected chi connectivity index (χ3v) is 9.12. The summed E-state index contributed by atoms with van der Waals surface area (Å²) in [7, 11) is 0. The van der Waals surface area contributed by atoms with Crippen LogP contribution in [0.1, 0.15) is 96.8 Å². The van der Waals surface area contributed by atoms with Crippen molar-refractivity contribution in [2.75, 3.05) is 13.2 Å². The van der Waals surface area contributed by atoms with E-state index in [9.17, 15) is 4.79 Å². The number of Topliss-reactive ketones (excluding diaryl/α,β-unsaturated/α-hetero) is 1. The zero-order chi connectivity index (χ0) is 24.1. The molecule has 3 aliphatic carbocycles. The molecule has 5 heteroatoms. The molecule has 3 saturated carbocycles. The SMILES string of the molecule is CCC#CCC1([C@@H](/C=C/[C@@H]2[C@H]3CC(=O)C[C@H]3C[C@H]2OC2CCCCO2)OC2CCCCO2)CCC1. The van der Waals surface area contributed by atoms with E-state index in [0.717, 1.165) is 77.4 Å². The summed E-state index contributed by atoms with van der Waals surface area (Å²) in [4.78, 5) is 12.3. The second-order valence-corrected chi connectivity index (χ2v) is 11.5. The van der Waals surface area contributed by atoms with E-state index >= 15 is 0 Å². The van der Waals surface area contributed by atoms with Crippen LogP contribution < -0.4 is 0 Å². The number of hydrogen-bond donors (Lipinski definition) is 0. The monoisotopic (exact) mass is 484 g/mol. The number of ketones is 1. The van der Waals surface area contributed by atoms with E-state index in [1.54, 1.807) is 0 Å². The predicted molar refractivity (Wildman–Crippen MR) is 134 cm³/mol. The second kappa shape index (κ2) is 11.9. The molecule has 0 aromatic carbocycles. The fraction of sp³-hybridized carbons (Fsp3) is 0.833. The molecule has 5 aliphatic rings. The summed E-state index contributed by atoms with van der Waals surface area (Å²) in [5.41, 5.74) is 0.0752. The van der Waals surface area contributed by atoms with Crippen molar-refractivity contribution in [3.8, 4) is 11.8 Å². The quantitative estimate of drug-likeness (QED) is 0.314. The lowest BCUT2D eigenvalue weighted by Crippen LogP contribution is -2.44. The van der Waals surface area contributed by atoms with Crippen molar-refractivity contribution in [2.45, 2.75) is 122 Å². The van der Waals surface area contributed by atoms with Crippen molar-refractivity contribution in [2.24, 2.45) is 23.2 Å². The Morgan fingerprint density at radius 3 is 2.46 bits per heavy atom. The van der Waals surface area contributed by atoms with Crippen molar-refractivity contribution >= 4 is 5.78 Å². The third kappa shape index (κ3) is 6.04. The first-order valence-electron chi connectivity index (χ1n) is 14.4. The molecule has 35 heavy (non-hydrogen) atoms. The minimum absolute atomic E-state index is 0.00626. The molecule has 0 aromatic rings.